The van der Waals surface area contributed by atoms with Crippen LogP contribution in [0.4, 0.5) is 0 Å². The zero-order chi connectivity index (χ0) is 17.1. The van der Waals surface area contributed by atoms with Gasteiger partial charge in [-0.15, -0.1) is 0 Å². The highest BCUT2D eigenvalue weighted by Crippen LogP contribution is 2.32. The van der Waals surface area contributed by atoms with Crippen LogP contribution in [0.3, 0.4) is 0 Å². The molecule has 0 saturated carbocycles. The van der Waals surface area contributed by atoms with Gasteiger partial charge in [0.25, 0.3) is 5.91 Å². The summed E-state index contributed by atoms with van der Waals surface area (Å²) in [5.41, 5.74) is 1.35. The maximum Gasteiger partial charge on any atom is 0.259 e. The van der Waals surface area contributed by atoms with Gasteiger partial charge in [-0.05, 0) is 48.9 Å². The summed E-state index contributed by atoms with van der Waals surface area (Å²) in [5.74, 6) is 0.122. The van der Waals surface area contributed by atoms with Crippen molar-refractivity contribution in [2.45, 2.75) is 19.3 Å². The van der Waals surface area contributed by atoms with E-state index in [0.717, 1.165) is 19.3 Å². The van der Waals surface area contributed by atoms with Crippen LogP contribution in [0.25, 0.3) is 0 Å². The van der Waals surface area contributed by atoms with E-state index in [4.69, 9.17) is 23.2 Å². The molecule has 0 aliphatic carbocycles. The smallest absolute Gasteiger partial charge is 0.259 e. The molecular weight excluding hydrogens is 347 g/mol. The number of phenolic OH excluding ortho intramolecular Hbond substituents is 1. The quantitative estimate of drug-likeness (QED) is 0.888. The molecule has 0 unspecified atom stereocenters. The average molecular weight is 365 g/mol. The van der Waals surface area contributed by atoms with Gasteiger partial charge in [-0.3, -0.25) is 9.78 Å². The summed E-state index contributed by atoms with van der Waals surface area (Å²) in [5, 5.41) is 10.5. The number of carbonyl (C=O) groups is 1. The lowest BCUT2D eigenvalue weighted by Crippen LogP contribution is -2.39. The number of amides is 1. The lowest BCUT2D eigenvalue weighted by atomic mass is 9.90. The van der Waals surface area contributed by atoms with Gasteiger partial charge in [-0.2, -0.15) is 0 Å². The van der Waals surface area contributed by atoms with Crippen molar-refractivity contribution < 1.29 is 9.90 Å². The largest absolute Gasteiger partial charge is 0.507 e. The number of aromatic hydroxyl groups is 1. The molecule has 1 fully saturated rings. The van der Waals surface area contributed by atoms with Crippen molar-refractivity contribution in [3.05, 3.63) is 57.8 Å². The fourth-order valence-electron chi connectivity index (χ4n) is 3.12. The van der Waals surface area contributed by atoms with E-state index in [1.54, 1.807) is 11.1 Å². The number of nitrogens with zero attached hydrogens (tertiary/aromatic N) is 2. The van der Waals surface area contributed by atoms with Crippen LogP contribution in [-0.4, -0.2) is 34.0 Å². The number of hydrogen-bond donors (Lipinski definition) is 1. The highest BCUT2D eigenvalue weighted by molar-refractivity contribution is 6.37. The first-order valence-corrected chi connectivity index (χ1v) is 8.66. The zero-order valence-electron chi connectivity index (χ0n) is 13.1. The Hall–Kier alpha value is -1.78. The SMILES string of the molecule is O=C(c1c(O)cc(Cl)cc1Cl)N1CCC(Cc2cccnc2)CC1. The van der Waals surface area contributed by atoms with Crippen LogP contribution in [0.1, 0.15) is 28.8 Å². The summed E-state index contributed by atoms with van der Waals surface area (Å²) < 4.78 is 0. The normalized spacial score (nSPS) is 15.5. The second kappa shape index (κ2) is 7.41. The van der Waals surface area contributed by atoms with Crippen LogP contribution < -0.4 is 0 Å². The standard InChI is InChI=1S/C18H18Cl2N2O2/c19-14-9-15(20)17(16(23)10-14)18(24)22-6-3-12(4-7-22)8-13-2-1-5-21-11-13/h1-2,5,9-12,23H,3-4,6-8H2. The van der Waals surface area contributed by atoms with E-state index >= 15 is 0 Å². The molecule has 1 aliphatic heterocycles. The number of carbonyl (C=O) groups excluding carboxylic acids is 1. The molecule has 24 heavy (non-hydrogen) atoms. The summed E-state index contributed by atoms with van der Waals surface area (Å²) in [6, 6.07) is 6.84. The minimum absolute atomic E-state index is 0.131. The Morgan fingerprint density at radius 1 is 1.29 bits per heavy atom. The first-order valence-electron chi connectivity index (χ1n) is 7.91. The number of pyridine rings is 1. The number of halogens is 2. The molecule has 0 radical (unpaired) electrons. The Kier molecular flexibility index (Phi) is 5.27. The first-order chi connectivity index (χ1) is 11.5. The third kappa shape index (κ3) is 3.82. The molecule has 2 aromatic rings. The predicted molar refractivity (Wildman–Crippen MR) is 94.7 cm³/mol. The van der Waals surface area contributed by atoms with Crippen LogP contribution in [0.15, 0.2) is 36.7 Å². The van der Waals surface area contributed by atoms with E-state index in [-0.39, 0.29) is 22.2 Å². The van der Waals surface area contributed by atoms with Crippen molar-refractivity contribution in [3.63, 3.8) is 0 Å². The predicted octanol–water partition coefficient (Wildman–Crippen LogP) is 4.19. The molecule has 1 aromatic carbocycles. The van der Waals surface area contributed by atoms with Gasteiger partial charge in [0.05, 0.1) is 10.6 Å². The maximum atomic E-state index is 12.6. The van der Waals surface area contributed by atoms with E-state index in [2.05, 4.69) is 11.1 Å². The number of likely N-dealkylation sites (tertiary alicyclic amines) is 1. The lowest BCUT2D eigenvalue weighted by molar-refractivity contribution is 0.0687. The molecule has 6 heteroatoms. The molecule has 1 saturated heterocycles. The fourth-order valence-corrected chi connectivity index (χ4v) is 3.69. The number of piperidine rings is 1. The summed E-state index contributed by atoms with van der Waals surface area (Å²) >= 11 is 11.9. The first kappa shape index (κ1) is 17.1. The van der Waals surface area contributed by atoms with E-state index in [0.29, 0.717) is 24.0 Å². The second-order valence-corrected chi connectivity index (χ2v) is 6.93. The van der Waals surface area contributed by atoms with Gasteiger partial charge in [0, 0.05) is 30.5 Å². The zero-order valence-corrected chi connectivity index (χ0v) is 14.6. The number of aromatic nitrogens is 1. The fraction of sp³-hybridized carbons (Fsp3) is 0.333. The molecule has 2 heterocycles. The second-order valence-electron chi connectivity index (χ2n) is 6.08. The molecule has 0 spiro atoms. The monoisotopic (exact) mass is 364 g/mol. The Bertz CT molecular complexity index is 706. The molecule has 0 atom stereocenters. The lowest BCUT2D eigenvalue weighted by Gasteiger charge is -2.32. The molecule has 3 rings (SSSR count). The van der Waals surface area contributed by atoms with Gasteiger partial charge in [0.1, 0.15) is 5.75 Å². The number of rotatable bonds is 3. The van der Waals surface area contributed by atoms with Gasteiger partial charge in [0.15, 0.2) is 0 Å². The van der Waals surface area contributed by atoms with Crippen LogP contribution in [0.5, 0.6) is 5.75 Å². The number of hydrogen-bond acceptors (Lipinski definition) is 3. The number of phenols is 1. The van der Waals surface area contributed by atoms with Gasteiger partial charge in [-0.25, -0.2) is 0 Å². The van der Waals surface area contributed by atoms with Gasteiger partial charge in [0.2, 0.25) is 0 Å². The van der Waals surface area contributed by atoms with Gasteiger partial charge < -0.3 is 10.0 Å². The van der Waals surface area contributed by atoms with Crippen LogP contribution >= 0.6 is 23.2 Å². The van der Waals surface area contributed by atoms with E-state index in [1.807, 2.05) is 12.3 Å². The molecule has 1 N–H and O–H groups in total. The van der Waals surface area contributed by atoms with Crippen molar-refractivity contribution in [2.24, 2.45) is 5.92 Å². The third-order valence-corrected chi connectivity index (χ3v) is 4.91. The Morgan fingerprint density at radius 3 is 2.67 bits per heavy atom. The molecule has 0 bridgehead atoms. The summed E-state index contributed by atoms with van der Waals surface area (Å²) in [6.45, 7) is 1.31. The molecule has 1 amide bonds. The van der Waals surface area contributed by atoms with Crippen LogP contribution in [0.2, 0.25) is 10.0 Å². The Morgan fingerprint density at radius 2 is 2.04 bits per heavy atom. The van der Waals surface area contributed by atoms with Crippen molar-refractivity contribution in [3.8, 4) is 5.75 Å². The van der Waals surface area contributed by atoms with Crippen LogP contribution in [-0.2, 0) is 6.42 Å². The summed E-state index contributed by atoms with van der Waals surface area (Å²) in [7, 11) is 0. The van der Waals surface area contributed by atoms with E-state index < -0.39 is 0 Å². The molecular formula is C18H18Cl2N2O2. The Balaban J connectivity index is 1.63. The Labute approximate surface area is 151 Å². The van der Waals surface area contributed by atoms with Crippen molar-refractivity contribution in [1.29, 1.82) is 0 Å². The minimum atomic E-state index is -0.242. The number of benzene rings is 1. The minimum Gasteiger partial charge on any atom is -0.507 e. The average Bonchev–Trinajstić information content (AvgIpc) is 2.55. The van der Waals surface area contributed by atoms with Gasteiger partial charge in [-0.1, -0.05) is 29.3 Å². The molecule has 126 valence electrons. The maximum absolute atomic E-state index is 12.6. The molecule has 1 aromatic heterocycles. The summed E-state index contributed by atoms with van der Waals surface area (Å²) in [6.07, 6.45) is 6.48. The summed E-state index contributed by atoms with van der Waals surface area (Å²) in [4.78, 5) is 18.5. The highest BCUT2D eigenvalue weighted by atomic mass is 35.5. The molecule has 4 nitrogen and oxygen atoms in total. The van der Waals surface area contributed by atoms with Crippen molar-refractivity contribution in [2.75, 3.05) is 13.1 Å². The highest BCUT2D eigenvalue weighted by Gasteiger charge is 2.27. The van der Waals surface area contributed by atoms with Crippen molar-refractivity contribution in [1.82, 2.24) is 9.88 Å². The van der Waals surface area contributed by atoms with Gasteiger partial charge >= 0.3 is 0 Å². The third-order valence-electron chi connectivity index (χ3n) is 4.40. The molecule has 1 aliphatic rings. The van der Waals surface area contributed by atoms with E-state index in [9.17, 15) is 9.90 Å². The van der Waals surface area contributed by atoms with Crippen LogP contribution in [0, 0.1) is 5.92 Å². The topological polar surface area (TPSA) is 53.4 Å². The van der Waals surface area contributed by atoms with E-state index in [1.165, 1.54) is 17.7 Å². The van der Waals surface area contributed by atoms with Crippen molar-refractivity contribution >= 4 is 29.1 Å².